The second-order valence-corrected chi connectivity index (χ2v) is 8.65. The van der Waals surface area contributed by atoms with Gasteiger partial charge in [-0.15, -0.1) is 0 Å². The van der Waals surface area contributed by atoms with Crippen molar-refractivity contribution in [3.05, 3.63) is 46.0 Å². The topological polar surface area (TPSA) is 35.2 Å². The van der Waals surface area contributed by atoms with Crippen LogP contribution in [0.1, 0.15) is 87.1 Å². The molecule has 0 aromatic heterocycles. The van der Waals surface area contributed by atoms with Gasteiger partial charge in [0.25, 0.3) is 0 Å². The van der Waals surface area contributed by atoms with Crippen LogP contribution in [0.4, 0.5) is 5.69 Å². The Morgan fingerprint density at radius 3 is 2.07 bits per heavy atom. The number of nitrogen functional groups attached to an aromatic ring is 1. The quantitative estimate of drug-likeness (QED) is 0.557. The molecule has 0 aliphatic heterocycles. The maximum Gasteiger partial charge on any atom is 0.123 e. The molecule has 2 N–H and O–H groups in total. The summed E-state index contributed by atoms with van der Waals surface area (Å²) in [6, 6.07) is 6.70. The van der Waals surface area contributed by atoms with Crippen LogP contribution in [-0.4, -0.2) is 6.61 Å². The van der Waals surface area contributed by atoms with Gasteiger partial charge in [-0.2, -0.15) is 0 Å². The average Bonchev–Trinajstić information content (AvgIpc) is 2.74. The summed E-state index contributed by atoms with van der Waals surface area (Å²) in [6.07, 6.45) is 12.1. The van der Waals surface area contributed by atoms with Crippen LogP contribution in [0.25, 0.3) is 11.1 Å². The number of fused-ring (bicyclic) bond motifs is 2. The van der Waals surface area contributed by atoms with Gasteiger partial charge in [-0.3, -0.25) is 0 Å². The van der Waals surface area contributed by atoms with E-state index < -0.39 is 0 Å². The zero-order valence-electron chi connectivity index (χ0n) is 19.0. The van der Waals surface area contributed by atoms with Crippen LogP contribution in [0.15, 0.2) is 18.2 Å². The maximum absolute atomic E-state index is 6.59. The van der Waals surface area contributed by atoms with Crippen LogP contribution < -0.4 is 10.5 Å². The molecule has 0 bridgehead atoms. The van der Waals surface area contributed by atoms with Crippen molar-refractivity contribution in [2.24, 2.45) is 0 Å². The van der Waals surface area contributed by atoms with Gasteiger partial charge in [0.1, 0.15) is 5.75 Å². The van der Waals surface area contributed by atoms with E-state index >= 15 is 0 Å². The molecule has 2 heteroatoms. The Bertz CT molecular complexity index is 837. The minimum absolute atomic E-state index is 0.779. The Morgan fingerprint density at radius 2 is 1.41 bits per heavy atom. The van der Waals surface area contributed by atoms with Crippen molar-refractivity contribution in [2.45, 2.75) is 91.9 Å². The van der Waals surface area contributed by atoms with Crippen LogP contribution >= 0.6 is 0 Å². The molecule has 0 spiro atoms. The van der Waals surface area contributed by atoms with Gasteiger partial charge in [-0.05, 0) is 110 Å². The summed E-state index contributed by atoms with van der Waals surface area (Å²) in [5.41, 5.74) is 17.5. The number of anilines is 1. The monoisotopic (exact) mass is 393 g/mol. The zero-order valence-corrected chi connectivity index (χ0v) is 19.0. The highest BCUT2D eigenvalue weighted by Crippen LogP contribution is 2.44. The number of rotatable bonds is 4. The summed E-state index contributed by atoms with van der Waals surface area (Å²) in [5, 5.41) is 0. The van der Waals surface area contributed by atoms with Crippen molar-refractivity contribution >= 4 is 5.69 Å². The lowest BCUT2D eigenvalue weighted by Gasteiger charge is -2.28. The fourth-order valence-corrected chi connectivity index (χ4v) is 4.83. The molecule has 0 heterocycles. The molecule has 4 rings (SSSR count). The molecule has 0 fully saturated rings. The smallest absolute Gasteiger partial charge is 0.123 e. The predicted octanol–water partition coefficient (Wildman–Crippen LogP) is 7.21. The molecule has 0 saturated heterocycles. The lowest BCUT2D eigenvalue weighted by atomic mass is 9.78. The van der Waals surface area contributed by atoms with E-state index in [1.165, 1.54) is 90.3 Å². The second kappa shape index (κ2) is 10.2. The molecule has 0 atom stereocenters. The highest BCUT2D eigenvalue weighted by atomic mass is 16.5. The molecule has 2 aromatic rings. The van der Waals surface area contributed by atoms with E-state index in [4.69, 9.17) is 10.5 Å². The van der Waals surface area contributed by atoms with Gasteiger partial charge < -0.3 is 10.5 Å². The van der Waals surface area contributed by atoms with Gasteiger partial charge in [0.2, 0.25) is 0 Å². The molecule has 0 amide bonds. The van der Waals surface area contributed by atoms with Gasteiger partial charge in [0.05, 0.1) is 6.61 Å². The zero-order chi connectivity index (χ0) is 20.8. The third kappa shape index (κ3) is 4.63. The van der Waals surface area contributed by atoms with Crippen LogP contribution in [0, 0.1) is 6.92 Å². The Balaban J connectivity index is 0.000000755. The summed E-state index contributed by atoms with van der Waals surface area (Å²) in [6.45, 7) is 9.43. The van der Waals surface area contributed by atoms with E-state index in [9.17, 15) is 0 Å². The minimum atomic E-state index is 0.779. The van der Waals surface area contributed by atoms with Gasteiger partial charge in [0.15, 0.2) is 0 Å². The van der Waals surface area contributed by atoms with E-state index in [1.807, 2.05) is 0 Å². The van der Waals surface area contributed by atoms with E-state index in [0.29, 0.717) is 0 Å². The number of nitrogens with two attached hydrogens (primary N) is 1. The first-order valence-electron chi connectivity index (χ1n) is 11.8. The van der Waals surface area contributed by atoms with E-state index in [1.54, 1.807) is 0 Å². The summed E-state index contributed by atoms with van der Waals surface area (Å²) in [4.78, 5) is 0. The van der Waals surface area contributed by atoms with Crippen LogP contribution in [0.5, 0.6) is 5.75 Å². The summed E-state index contributed by atoms with van der Waals surface area (Å²) >= 11 is 0. The Kier molecular flexibility index (Phi) is 7.64. The molecule has 158 valence electrons. The Hall–Kier alpha value is -1.96. The van der Waals surface area contributed by atoms with Gasteiger partial charge in [-0.25, -0.2) is 0 Å². The van der Waals surface area contributed by atoms with Gasteiger partial charge in [0, 0.05) is 11.3 Å². The Labute approximate surface area is 177 Å². The molecule has 2 nitrogen and oxygen atoms in total. The molecular weight excluding hydrogens is 354 g/mol. The predicted molar refractivity (Wildman–Crippen MR) is 126 cm³/mol. The van der Waals surface area contributed by atoms with Gasteiger partial charge in [-0.1, -0.05) is 33.3 Å². The maximum atomic E-state index is 6.59. The summed E-state index contributed by atoms with van der Waals surface area (Å²) < 4.78 is 6.16. The average molecular weight is 394 g/mol. The lowest BCUT2D eigenvalue weighted by molar-refractivity contribution is 0.315. The molecule has 0 radical (unpaired) electrons. The number of hydrogen-bond donors (Lipinski definition) is 1. The molecule has 29 heavy (non-hydrogen) atoms. The van der Waals surface area contributed by atoms with Crippen molar-refractivity contribution in [1.82, 2.24) is 0 Å². The van der Waals surface area contributed by atoms with Crippen LogP contribution in [0.3, 0.4) is 0 Å². The van der Waals surface area contributed by atoms with E-state index in [2.05, 4.69) is 45.9 Å². The van der Waals surface area contributed by atoms with Crippen molar-refractivity contribution in [3.8, 4) is 16.9 Å². The minimum Gasteiger partial charge on any atom is -0.493 e. The first kappa shape index (κ1) is 21.7. The number of aryl methyl sites for hydroxylation is 2. The fraction of sp³-hybridized carbons (Fsp3) is 0.556. The molecule has 2 aliphatic rings. The summed E-state index contributed by atoms with van der Waals surface area (Å²) in [5.74, 6) is 1.07. The van der Waals surface area contributed by atoms with Crippen molar-refractivity contribution < 1.29 is 4.74 Å². The van der Waals surface area contributed by atoms with Crippen molar-refractivity contribution in [1.29, 1.82) is 0 Å². The van der Waals surface area contributed by atoms with Crippen LogP contribution in [0.2, 0.25) is 0 Å². The van der Waals surface area contributed by atoms with E-state index in [-0.39, 0.29) is 0 Å². The van der Waals surface area contributed by atoms with E-state index in [0.717, 1.165) is 30.9 Å². The SMILES string of the molecule is CCC.CCCOc1cc2c(c(-c3c(N)ccc4c3CCCC4)c1C)CCCC2. The standard InChI is InChI=1S/C24H31NO.C3H8/c1-3-14-26-22-15-18-9-5-7-11-20(18)23(16(22)2)24-19-10-6-4-8-17(19)12-13-21(24)25;1-3-2/h12-13,15H,3-11,14,25H2,1-2H3;3H2,1-2H3. The highest BCUT2D eigenvalue weighted by Gasteiger charge is 2.25. The number of ether oxygens (including phenoxy) is 1. The second-order valence-electron chi connectivity index (χ2n) is 8.65. The van der Waals surface area contributed by atoms with Gasteiger partial charge >= 0.3 is 0 Å². The highest BCUT2D eigenvalue weighted by molar-refractivity contribution is 5.86. The fourth-order valence-electron chi connectivity index (χ4n) is 4.83. The van der Waals surface area contributed by atoms with Crippen LogP contribution in [-0.2, 0) is 25.7 Å². The normalized spacial score (nSPS) is 15.0. The first-order valence-corrected chi connectivity index (χ1v) is 11.8. The number of benzene rings is 2. The van der Waals surface area contributed by atoms with Crippen molar-refractivity contribution in [2.75, 3.05) is 12.3 Å². The molecule has 2 aromatic carbocycles. The number of hydrogen-bond acceptors (Lipinski definition) is 2. The molecule has 2 aliphatic carbocycles. The largest absolute Gasteiger partial charge is 0.493 e. The first-order chi connectivity index (χ1) is 14.1. The third-order valence-electron chi connectivity index (χ3n) is 6.14. The molecule has 0 unspecified atom stereocenters. The molecular formula is C27H39NO. The molecule has 0 saturated carbocycles. The van der Waals surface area contributed by atoms with Crippen molar-refractivity contribution in [3.63, 3.8) is 0 Å². The lowest BCUT2D eigenvalue weighted by Crippen LogP contribution is -2.12. The third-order valence-corrected chi connectivity index (χ3v) is 6.14. The Morgan fingerprint density at radius 1 is 0.828 bits per heavy atom. The summed E-state index contributed by atoms with van der Waals surface area (Å²) in [7, 11) is 0.